The Morgan fingerprint density at radius 1 is 1.21 bits per heavy atom. The van der Waals surface area contributed by atoms with Gasteiger partial charge in [-0.25, -0.2) is 4.79 Å². The lowest BCUT2D eigenvalue weighted by Crippen LogP contribution is -2.40. The maximum atomic E-state index is 11.5. The van der Waals surface area contributed by atoms with Crippen LogP contribution in [0.15, 0.2) is 0 Å². The average Bonchev–Trinajstić information content (AvgIpc) is 2.26. The van der Waals surface area contributed by atoms with E-state index in [0.717, 1.165) is 0 Å². The molecular formula is C12H21NO6. The third-order valence-corrected chi connectivity index (χ3v) is 1.94. The molecule has 0 aromatic rings. The fourth-order valence-corrected chi connectivity index (χ4v) is 1.24. The van der Waals surface area contributed by atoms with Crippen LogP contribution in [0.1, 0.15) is 40.0 Å². The minimum absolute atomic E-state index is 0.268. The number of hydrogen-bond donors (Lipinski definition) is 1. The molecule has 1 amide bonds. The molecule has 0 aliphatic rings. The number of nitrogens with one attached hydrogen (secondary N) is 1. The number of ether oxygens (including phenoxy) is 3. The van der Waals surface area contributed by atoms with E-state index >= 15 is 0 Å². The number of carbonyl (C=O) groups excluding carboxylic acids is 3. The van der Waals surface area contributed by atoms with Crippen LogP contribution >= 0.6 is 0 Å². The third-order valence-electron chi connectivity index (χ3n) is 1.94. The first-order valence-corrected chi connectivity index (χ1v) is 6.03. The van der Waals surface area contributed by atoms with E-state index < -0.39 is 17.9 Å². The van der Waals surface area contributed by atoms with Crippen LogP contribution < -0.4 is 5.32 Å². The Bertz CT molecular complexity index is 286. The maximum Gasteiger partial charge on any atom is 0.410 e. The smallest absolute Gasteiger partial charge is 0.410 e. The highest BCUT2D eigenvalue weighted by molar-refractivity contribution is 5.68. The first kappa shape index (κ1) is 17.2. The Morgan fingerprint density at radius 3 is 2.42 bits per heavy atom. The molecule has 0 saturated carbocycles. The molecule has 0 spiro atoms. The van der Waals surface area contributed by atoms with Gasteiger partial charge in [0.15, 0.2) is 6.23 Å². The van der Waals surface area contributed by atoms with Gasteiger partial charge >= 0.3 is 6.09 Å². The van der Waals surface area contributed by atoms with Crippen LogP contribution in [-0.4, -0.2) is 37.5 Å². The number of carbonyl (C=O) groups is 3. The molecule has 0 fully saturated rings. The van der Waals surface area contributed by atoms with Crippen LogP contribution in [0.4, 0.5) is 4.79 Å². The fourth-order valence-electron chi connectivity index (χ4n) is 1.24. The molecule has 0 radical (unpaired) electrons. The van der Waals surface area contributed by atoms with Gasteiger partial charge in [0.2, 0.25) is 0 Å². The van der Waals surface area contributed by atoms with Gasteiger partial charge in [0.05, 0.1) is 6.61 Å². The summed E-state index contributed by atoms with van der Waals surface area (Å²) < 4.78 is 14.3. The highest BCUT2D eigenvalue weighted by Gasteiger charge is 2.19. The Labute approximate surface area is 112 Å². The van der Waals surface area contributed by atoms with Crippen molar-refractivity contribution in [2.45, 2.75) is 51.9 Å². The first-order chi connectivity index (χ1) is 8.89. The molecule has 0 rings (SSSR count). The van der Waals surface area contributed by atoms with Crippen molar-refractivity contribution in [1.82, 2.24) is 5.32 Å². The van der Waals surface area contributed by atoms with Crippen molar-refractivity contribution < 1.29 is 28.6 Å². The topological polar surface area (TPSA) is 90.9 Å². The molecule has 0 saturated heterocycles. The summed E-state index contributed by atoms with van der Waals surface area (Å²) in [5.74, 6) is 0. The minimum Gasteiger partial charge on any atom is -0.468 e. The third kappa shape index (κ3) is 11.1. The van der Waals surface area contributed by atoms with E-state index in [1.165, 1.54) is 0 Å². The molecular weight excluding hydrogens is 254 g/mol. The minimum atomic E-state index is -0.747. The molecule has 0 heterocycles. The standard InChI is InChI=1S/C12H21NO6/c1-12(2,3)19-11(16)13-10(18-9-15)6-4-5-7-17-8-14/h8-10H,4-7H2,1-3H3,(H,13,16). The summed E-state index contributed by atoms with van der Waals surface area (Å²) in [6.07, 6.45) is 0.266. The van der Waals surface area contributed by atoms with Crippen LogP contribution in [0.5, 0.6) is 0 Å². The number of unbranched alkanes of at least 4 members (excludes halogenated alkanes) is 1. The Morgan fingerprint density at radius 2 is 1.89 bits per heavy atom. The molecule has 1 N–H and O–H groups in total. The lowest BCUT2D eigenvalue weighted by molar-refractivity contribution is -0.135. The van der Waals surface area contributed by atoms with E-state index in [0.29, 0.717) is 32.3 Å². The van der Waals surface area contributed by atoms with Gasteiger partial charge in [0.25, 0.3) is 12.9 Å². The normalized spacial score (nSPS) is 12.2. The van der Waals surface area contributed by atoms with Gasteiger partial charge in [0.1, 0.15) is 5.60 Å². The van der Waals surface area contributed by atoms with E-state index in [-0.39, 0.29) is 6.47 Å². The number of hydrogen-bond acceptors (Lipinski definition) is 6. The number of alkyl carbamates (subject to hydrolysis) is 1. The van der Waals surface area contributed by atoms with Gasteiger partial charge in [-0.15, -0.1) is 0 Å². The van der Waals surface area contributed by atoms with Crippen LogP contribution in [0, 0.1) is 0 Å². The summed E-state index contributed by atoms with van der Waals surface area (Å²) in [6.45, 7) is 6.14. The molecule has 0 aliphatic carbocycles. The summed E-state index contributed by atoms with van der Waals surface area (Å²) in [5, 5.41) is 2.44. The van der Waals surface area contributed by atoms with Crippen molar-refractivity contribution in [3.63, 3.8) is 0 Å². The van der Waals surface area contributed by atoms with Gasteiger partial charge in [-0.1, -0.05) is 0 Å². The molecule has 110 valence electrons. The van der Waals surface area contributed by atoms with Crippen LogP contribution in [-0.2, 0) is 23.8 Å². The monoisotopic (exact) mass is 275 g/mol. The first-order valence-electron chi connectivity index (χ1n) is 6.03. The SMILES string of the molecule is CC(C)(C)OC(=O)NC(CCCCOC=O)OC=O. The van der Waals surface area contributed by atoms with E-state index in [4.69, 9.17) is 9.47 Å². The molecule has 1 unspecified atom stereocenters. The highest BCUT2D eigenvalue weighted by atomic mass is 16.6. The summed E-state index contributed by atoms with van der Waals surface area (Å²) >= 11 is 0. The Balaban J connectivity index is 4.00. The number of amides is 1. The second kappa shape index (κ2) is 9.18. The molecule has 0 aliphatic heterocycles. The lowest BCUT2D eigenvalue weighted by atomic mass is 10.2. The second-order valence-corrected chi connectivity index (χ2v) is 4.83. The second-order valence-electron chi connectivity index (χ2n) is 4.83. The molecule has 0 aromatic carbocycles. The number of rotatable bonds is 9. The van der Waals surface area contributed by atoms with Crippen LogP contribution in [0.2, 0.25) is 0 Å². The Kier molecular flexibility index (Phi) is 8.32. The van der Waals surface area contributed by atoms with Gasteiger partial charge in [-0.3, -0.25) is 14.9 Å². The summed E-state index contributed by atoms with van der Waals surface area (Å²) in [7, 11) is 0. The van der Waals surface area contributed by atoms with E-state index in [2.05, 4.69) is 10.1 Å². The molecule has 19 heavy (non-hydrogen) atoms. The van der Waals surface area contributed by atoms with Gasteiger partial charge in [-0.2, -0.15) is 0 Å². The fraction of sp³-hybridized carbons (Fsp3) is 0.750. The van der Waals surface area contributed by atoms with Crippen molar-refractivity contribution in [1.29, 1.82) is 0 Å². The zero-order valence-electron chi connectivity index (χ0n) is 11.5. The lowest BCUT2D eigenvalue weighted by Gasteiger charge is -2.22. The zero-order chi connectivity index (χ0) is 14.7. The summed E-state index contributed by atoms with van der Waals surface area (Å²) in [6, 6.07) is 0. The van der Waals surface area contributed by atoms with Crippen molar-refractivity contribution in [2.24, 2.45) is 0 Å². The van der Waals surface area contributed by atoms with Gasteiger partial charge in [-0.05, 0) is 33.6 Å². The van der Waals surface area contributed by atoms with Gasteiger partial charge < -0.3 is 14.2 Å². The maximum absolute atomic E-state index is 11.5. The van der Waals surface area contributed by atoms with Crippen molar-refractivity contribution >= 4 is 19.0 Å². The molecule has 7 nitrogen and oxygen atoms in total. The summed E-state index contributed by atoms with van der Waals surface area (Å²) in [5.41, 5.74) is -0.617. The van der Waals surface area contributed by atoms with E-state index in [9.17, 15) is 14.4 Å². The van der Waals surface area contributed by atoms with Crippen molar-refractivity contribution in [3.8, 4) is 0 Å². The summed E-state index contributed by atoms with van der Waals surface area (Å²) in [4.78, 5) is 31.7. The molecule has 0 aromatic heterocycles. The quantitative estimate of drug-likeness (QED) is 0.295. The highest BCUT2D eigenvalue weighted by Crippen LogP contribution is 2.08. The van der Waals surface area contributed by atoms with Crippen LogP contribution in [0.25, 0.3) is 0 Å². The largest absolute Gasteiger partial charge is 0.468 e. The van der Waals surface area contributed by atoms with Crippen molar-refractivity contribution in [3.05, 3.63) is 0 Å². The molecule has 0 bridgehead atoms. The Hall–Kier alpha value is -1.79. The molecule has 7 heteroatoms. The van der Waals surface area contributed by atoms with E-state index in [1.807, 2.05) is 0 Å². The zero-order valence-corrected chi connectivity index (χ0v) is 11.5. The average molecular weight is 275 g/mol. The predicted octanol–water partition coefficient (Wildman–Crippen LogP) is 1.35. The van der Waals surface area contributed by atoms with Crippen molar-refractivity contribution in [2.75, 3.05) is 6.61 Å². The van der Waals surface area contributed by atoms with Crippen LogP contribution in [0.3, 0.4) is 0 Å². The molecule has 1 atom stereocenters. The van der Waals surface area contributed by atoms with E-state index in [1.54, 1.807) is 20.8 Å². The van der Waals surface area contributed by atoms with Gasteiger partial charge in [0, 0.05) is 6.42 Å². The predicted molar refractivity (Wildman–Crippen MR) is 66.2 cm³/mol.